The lowest BCUT2D eigenvalue weighted by atomic mass is 9.99. The van der Waals surface area contributed by atoms with Crippen LogP contribution >= 0.6 is 0 Å². The summed E-state index contributed by atoms with van der Waals surface area (Å²) in [6.07, 6.45) is -12.9. The second kappa shape index (κ2) is 17.3. The van der Waals surface area contributed by atoms with E-state index in [-0.39, 0.29) is 64.3 Å². The molecule has 1 amide bonds. The third-order valence-corrected chi connectivity index (χ3v) is 7.52. The fourth-order valence-electron chi connectivity index (χ4n) is 4.80. The van der Waals surface area contributed by atoms with Crippen LogP contribution < -0.4 is 4.84 Å². The second-order valence-electron chi connectivity index (χ2n) is 10.9. The van der Waals surface area contributed by atoms with E-state index in [1.54, 1.807) is 0 Å². The predicted molar refractivity (Wildman–Crippen MR) is 147 cm³/mol. The molecule has 1 aromatic rings. The summed E-state index contributed by atoms with van der Waals surface area (Å²) < 4.78 is 22.3. The van der Waals surface area contributed by atoms with Gasteiger partial charge in [0.2, 0.25) is 17.7 Å². The number of aromatic hydroxyl groups is 2. The third-order valence-electron chi connectivity index (χ3n) is 7.52. The maximum absolute atomic E-state index is 13.1. The molecular weight excluding hydrogens is 608 g/mol. The molecule has 3 rings (SSSR count). The zero-order valence-electron chi connectivity index (χ0n) is 24.8. The molecule has 2 saturated heterocycles. The Kier molecular flexibility index (Phi) is 14.2. The monoisotopic (exact) mass is 652 g/mol. The van der Waals surface area contributed by atoms with Crippen molar-refractivity contribution in [3.8, 4) is 11.8 Å². The van der Waals surface area contributed by atoms with Gasteiger partial charge in [-0.15, -0.1) is 4.73 Å². The lowest BCUT2D eigenvalue weighted by Gasteiger charge is -2.39. The summed E-state index contributed by atoms with van der Waals surface area (Å²) in [5.41, 5.74) is 0. The van der Waals surface area contributed by atoms with Gasteiger partial charge in [-0.25, -0.2) is 4.79 Å². The number of nitrogens with zero attached hydrogens (tertiary/aromatic N) is 2. The lowest BCUT2D eigenvalue weighted by Crippen LogP contribution is -2.59. The molecule has 0 aliphatic carbocycles. The molecule has 0 bridgehead atoms. The zero-order chi connectivity index (χ0) is 33.3. The van der Waals surface area contributed by atoms with Crippen molar-refractivity contribution in [2.24, 2.45) is 0 Å². The SMILES string of the molecule is C[C@@H]1O[C@@H](OCCN(CCCO[C@@H]2O[C@H](CO)[C@@H](O)[C@H](O)[C@@H]2O)C(=O)CCCCC(=O)On2c(O)ccc2O)[C@@H](O)[C@H](O)[C@@H]1O. The number of carbonyl (C=O) groups is 2. The van der Waals surface area contributed by atoms with Crippen molar-refractivity contribution in [1.82, 2.24) is 9.63 Å². The van der Waals surface area contributed by atoms with Crippen LogP contribution in [0.3, 0.4) is 0 Å². The summed E-state index contributed by atoms with van der Waals surface area (Å²) in [7, 11) is 0. The zero-order valence-corrected chi connectivity index (χ0v) is 24.8. The van der Waals surface area contributed by atoms with Crippen LogP contribution in [0.2, 0.25) is 0 Å². The van der Waals surface area contributed by atoms with Gasteiger partial charge in [0.25, 0.3) is 0 Å². The van der Waals surface area contributed by atoms with Gasteiger partial charge in [0.15, 0.2) is 12.6 Å². The van der Waals surface area contributed by atoms with Crippen molar-refractivity contribution >= 4 is 11.9 Å². The first-order valence-electron chi connectivity index (χ1n) is 14.7. The quantitative estimate of drug-likeness (QED) is 0.0777. The van der Waals surface area contributed by atoms with E-state index in [1.165, 1.54) is 11.8 Å². The number of carbonyl (C=O) groups excluding carboxylic acids is 2. The molecule has 2 fully saturated rings. The molecule has 0 spiro atoms. The highest BCUT2D eigenvalue weighted by Crippen LogP contribution is 2.23. The van der Waals surface area contributed by atoms with Crippen molar-refractivity contribution < 1.29 is 79.3 Å². The standard InChI is InChI=1S/C27H44N2O16/c1-14-20(35)22(37)24(39)26(43-14)42-12-10-28(9-4-11-41-27-25(40)23(38)21(36)15(13-30)44-27)16(31)5-2-3-6-19(34)45-29-17(32)7-8-18(29)33/h7-8,14-15,20-27,30,32-33,35-40H,2-6,9-13H2,1H3/t14-,15+,20+,21+,22+,23-,24-,25-,26+,27+/m0/s1. The fraction of sp³-hybridized carbons (Fsp3) is 0.778. The Balaban J connectivity index is 1.49. The van der Waals surface area contributed by atoms with E-state index in [4.69, 9.17) is 23.8 Å². The number of unbranched alkanes of at least 4 members (excludes halogenated alkanes) is 1. The van der Waals surface area contributed by atoms with E-state index in [9.17, 15) is 55.5 Å². The average molecular weight is 653 g/mol. The first-order chi connectivity index (χ1) is 21.3. The van der Waals surface area contributed by atoms with Crippen molar-refractivity contribution in [2.75, 3.05) is 32.9 Å². The largest absolute Gasteiger partial charge is 0.492 e. The second-order valence-corrected chi connectivity index (χ2v) is 10.9. The van der Waals surface area contributed by atoms with Crippen LogP contribution in [0.4, 0.5) is 0 Å². The number of aliphatic hydroxyl groups excluding tert-OH is 7. The van der Waals surface area contributed by atoms with Crippen molar-refractivity contribution in [2.45, 2.75) is 100 Å². The Labute approximate surface area is 258 Å². The minimum atomic E-state index is -1.60. The molecule has 45 heavy (non-hydrogen) atoms. The summed E-state index contributed by atoms with van der Waals surface area (Å²) in [5, 5.41) is 88.5. The molecule has 0 radical (unpaired) electrons. The molecule has 10 atom stereocenters. The lowest BCUT2D eigenvalue weighted by molar-refractivity contribution is -0.301. The van der Waals surface area contributed by atoms with Gasteiger partial charge in [-0.05, 0) is 26.2 Å². The minimum absolute atomic E-state index is 0.0192. The number of hydrogen-bond acceptors (Lipinski definition) is 16. The van der Waals surface area contributed by atoms with Gasteiger partial charge < -0.3 is 74.6 Å². The molecule has 18 nitrogen and oxygen atoms in total. The van der Waals surface area contributed by atoms with Gasteiger partial charge in [-0.2, -0.15) is 0 Å². The van der Waals surface area contributed by atoms with Crippen LogP contribution in [0.15, 0.2) is 12.1 Å². The molecule has 258 valence electrons. The first-order valence-corrected chi connectivity index (χ1v) is 14.7. The van der Waals surface area contributed by atoms with Gasteiger partial charge in [0, 0.05) is 38.1 Å². The normalized spacial score (nSPS) is 31.9. The Hall–Kier alpha value is -2.62. The maximum Gasteiger partial charge on any atom is 0.333 e. The molecule has 1 aromatic heterocycles. The smallest absolute Gasteiger partial charge is 0.333 e. The highest BCUT2D eigenvalue weighted by Gasteiger charge is 2.44. The molecular formula is C27H44N2O16. The molecule has 3 heterocycles. The van der Waals surface area contributed by atoms with Gasteiger partial charge in [0.05, 0.1) is 25.9 Å². The van der Waals surface area contributed by atoms with Crippen molar-refractivity contribution in [1.29, 1.82) is 0 Å². The number of rotatable bonds is 16. The van der Waals surface area contributed by atoms with E-state index in [2.05, 4.69) is 0 Å². The average Bonchev–Trinajstić information content (AvgIpc) is 3.33. The minimum Gasteiger partial charge on any atom is -0.492 e. The summed E-state index contributed by atoms with van der Waals surface area (Å²) in [4.78, 5) is 31.4. The topological polar surface area (TPSA) is 271 Å². The Morgan fingerprint density at radius 1 is 0.778 bits per heavy atom. The van der Waals surface area contributed by atoms with Crippen molar-refractivity contribution in [3.05, 3.63) is 12.1 Å². The summed E-state index contributed by atoms with van der Waals surface area (Å²) in [6, 6.07) is 2.28. The highest BCUT2D eigenvalue weighted by atomic mass is 16.7. The number of ether oxygens (including phenoxy) is 4. The Bertz CT molecular complexity index is 1050. The summed E-state index contributed by atoms with van der Waals surface area (Å²) in [5.74, 6) is -1.99. The van der Waals surface area contributed by atoms with Crippen LogP contribution in [0.25, 0.3) is 0 Å². The molecule has 0 aromatic carbocycles. The number of aliphatic hydroxyl groups is 7. The van der Waals surface area contributed by atoms with Gasteiger partial charge >= 0.3 is 5.97 Å². The van der Waals surface area contributed by atoms with Gasteiger partial charge in [-0.3, -0.25) is 4.79 Å². The Morgan fingerprint density at radius 3 is 2.00 bits per heavy atom. The molecule has 0 saturated carbocycles. The number of amides is 1. The van der Waals surface area contributed by atoms with Crippen LogP contribution in [-0.4, -0.2) is 162 Å². The fourth-order valence-corrected chi connectivity index (χ4v) is 4.80. The molecule has 2 aliphatic heterocycles. The van der Waals surface area contributed by atoms with Crippen LogP contribution in [-0.2, 0) is 28.5 Å². The number of aromatic nitrogens is 1. The first kappa shape index (κ1) is 36.8. The molecule has 0 unspecified atom stereocenters. The molecule has 18 heteroatoms. The van der Waals surface area contributed by atoms with Gasteiger partial charge in [0.1, 0.15) is 42.7 Å². The van der Waals surface area contributed by atoms with E-state index < -0.39 is 85.7 Å². The number of hydrogen-bond donors (Lipinski definition) is 9. The van der Waals surface area contributed by atoms with Crippen molar-refractivity contribution in [3.63, 3.8) is 0 Å². The predicted octanol–water partition coefficient (Wildman–Crippen LogP) is -3.71. The maximum atomic E-state index is 13.1. The van der Waals surface area contributed by atoms with Gasteiger partial charge in [-0.1, -0.05) is 0 Å². The molecule has 2 aliphatic rings. The Morgan fingerprint density at radius 2 is 1.36 bits per heavy atom. The van der Waals surface area contributed by atoms with E-state index in [1.807, 2.05) is 0 Å². The van der Waals surface area contributed by atoms with E-state index >= 15 is 0 Å². The third kappa shape index (κ3) is 9.93. The van der Waals surface area contributed by atoms with Crippen LogP contribution in [0.5, 0.6) is 11.8 Å². The molecule has 9 N–H and O–H groups in total. The van der Waals surface area contributed by atoms with E-state index in [0.29, 0.717) is 4.73 Å². The van der Waals surface area contributed by atoms with E-state index in [0.717, 1.165) is 12.1 Å². The highest BCUT2D eigenvalue weighted by molar-refractivity contribution is 5.76. The summed E-state index contributed by atoms with van der Waals surface area (Å²) >= 11 is 0. The van der Waals surface area contributed by atoms with Crippen LogP contribution in [0.1, 0.15) is 39.0 Å². The van der Waals surface area contributed by atoms with Crippen LogP contribution in [0, 0.1) is 0 Å². The summed E-state index contributed by atoms with van der Waals surface area (Å²) in [6.45, 7) is 0.862.